The summed E-state index contributed by atoms with van der Waals surface area (Å²) < 4.78 is -1.17. The van der Waals surface area contributed by atoms with Crippen LogP contribution in [0.1, 0.15) is 12.0 Å². The van der Waals surface area contributed by atoms with Gasteiger partial charge in [-0.3, -0.25) is 4.79 Å². The molecule has 74 valence electrons. The van der Waals surface area contributed by atoms with Crippen LogP contribution in [-0.4, -0.2) is 15.4 Å². The number of hydrogen-bond donors (Lipinski definition) is 1. The minimum Gasteiger partial charge on any atom is -0.480 e. The van der Waals surface area contributed by atoms with Gasteiger partial charge in [-0.05, 0) is 5.56 Å². The van der Waals surface area contributed by atoms with Crippen molar-refractivity contribution in [2.45, 2.75) is 16.2 Å². The maximum atomic E-state index is 11.1. The Balaban J connectivity index is 2.47. The number of halogens is 2. The van der Waals surface area contributed by atoms with Crippen molar-refractivity contribution in [1.82, 2.24) is 0 Å². The highest BCUT2D eigenvalue weighted by Gasteiger charge is 2.72. The molecule has 1 aromatic rings. The number of rotatable bonds is 2. The SMILES string of the molecule is O=C(O)[C@]1(c2ccccc2)CC1(Cl)Cl. The molecule has 1 aliphatic carbocycles. The molecule has 1 aliphatic rings. The fraction of sp³-hybridized carbons (Fsp3) is 0.300. The molecule has 4 heteroatoms. The highest BCUT2D eigenvalue weighted by molar-refractivity contribution is 6.54. The number of aliphatic carboxylic acids is 1. The normalized spacial score (nSPS) is 28.4. The molecular weight excluding hydrogens is 223 g/mol. The first-order valence-electron chi connectivity index (χ1n) is 4.17. The Kier molecular flexibility index (Phi) is 2.02. The summed E-state index contributed by atoms with van der Waals surface area (Å²) in [5.41, 5.74) is -0.449. The van der Waals surface area contributed by atoms with Crippen molar-refractivity contribution >= 4 is 29.2 Å². The highest BCUT2D eigenvalue weighted by Crippen LogP contribution is 2.64. The van der Waals surface area contributed by atoms with E-state index in [0.717, 1.165) is 0 Å². The van der Waals surface area contributed by atoms with Gasteiger partial charge in [0.1, 0.15) is 9.75 Å². The van der Waals surface area contributed by atoms with E-state index in [4.69, 9.17) is 28.3 Å². The second kappa shape index (κ2) is 2.88. The maximum Gasteiger partial charge on any atom is 0.317 e. The molecule has 2 rings (SSSR count). The van der Waals surface area contributed by atoms with Gasteiger partial charge in [-0.2, -0.15) is 0 Å². The molecule has 14 heavy (non-hydrogen) atoms. The van der Waals surface area contributed by atoms with E-state index in [0.29, 0.717) is 5.56 Å². The van der Waals surface area contributed by atoms with Gasteiger partial charge in [0.25, 0.3) is 0 Å². The fourth-order valence-corrected chi connectivity index (χ4v) is 2.46. The summed E-state index contributed by atoms with van der Waals surface area (Å²) in [7, 11) is 0. The van der Waals surface area contributed by atoms with Gasteiger partial charge >= 0.3 is 5.97 Å². The average molecular weight is 231 g/mol. The van der Waals surface area contributed by atoms with Gasteiger partial charge in [-0.1, -0.05) is 53.5 Å². The van der Waals surface area contributed by atoms with E-state index in [1.165, 1.54) is 0 Å². The van der Waals surface area contributed by atoms with E-state index in [1.807, 2.05) is 6.07 Å². The Morgan fingerprint density at radius 3 is 2.14 bits per heavy atom. The van der Waals surface area contributed by atoms with Crippen molar-refractivity contribution < 1.29 is 9.90 Å². The third kappa shape index (κ3) is 1.14. The summed E-state index contributed by atoms with van der Waals surface area (Å²) in [4.78, 5) is 11.1. The molecule has 0 radical (unpaired) electrons. The lowest BCUT2D eigenvalue weighted by atomic mass is 9.96. The molecule has 0 spiro atoms. The van der Waals surface area contributed by atoms with Gasteiger partial charge < -0.3 is 5.11 Å². The molecule has 0 amide bonds. The Morgan fingerprint density at radius 2 is 1.79 bits per heavy atom. The standard InChI is InChI=1S/C10H8Cl2O2/c11-10(12)6-9(10,8(13)14)7-4-2-1-3-5-7/h1-5H,6H2,(H,13,14)/t9-/m1/s1. The molecule has 1 saturated carbocycles. The number of benzene rings is 1. The summed E-state index contributed by atoms with van der Waals surface area (Å²) in [6, 6.07) is 8.86. The number of alkyl halides is 2. The van der Waals surface area contributed by atoms with Crippen LogP contribution in [0.15, 0.2) is 30.3 Å². The molecule has 2 nitrogen and oxygen atoms in total. The zero-order valence-corrected chi connectivity index (χ0v) is 8.72. The van der Waals surface area contributed by atoms with Crippen molar-refractivity contribution in [3.63, 3.8) is 0 Å². The predicted octanol–water partition coefficient (Wildman–Crippen LogP) is 2.59. The number of carboxylic acid groups (broad SMARTS) is 1. The predicted molar refractivity (Wildman–Crippen MR) is 54.8 cm³/mol. The Hall–Kier alpha value is -0.730. The number of carbonyl (C=O) groups is 1. The molecule has 0 bridgehead atoms. The quantitative estimate of drug-likeness (QED) is 0.794. The molecular formula is C10H8Cl2O2. The summed E-state index contributed by atoms with van der Waals surface area (Å²) in [5.74, 6) is -0.964. The molecule has 0 saturated heterocycles. The van der Waals surface area contributed by atoms with Crippen LogP contribution >= 0.6 is 23.2 Å². The maximum absolute atomic E-state index is 11.1. The van der Waals surface area contributed by atoms with Gasteiger partial charge in [0, 0.05) is 6.42 Å². The first kappa shape index (κ1) is 9.81. The highest BCUT2D eigenvalue weighted by atomic mass is 35.5. The Morgan fingerprint density at radius 1 is 1.29 bits per heavy atom. The van der Waals surface area contributed by atoms with Crippen LogP contribution in [0.3, 0.4) is 0 Å². The molecule has 0 unspecified atom stereocenters. The second-order valence-corrected chi connectivity index (χ2v) is 4.94. The van der Waals surface area contributed by atoms with Crippen LogP contribution in [-0.2, 0) is 10.2 Å². The molecule has 0 aliphatic heterocycles. The fourth-order valence-electron chi connectivity index (χ4n) is 1.68. The molecule has 0 heterocycles. The third-order valence-electron chi connectivity index (χ3n) is 2.62. The minimum absolute atomic E-state index is 0.266. The number of carboxylic acids is 1. The average Bonchev–Trinajstić information content (AvgIpc) is 2.72. The zero-order valence-electron chi connectivity index (χ0n) is 7.21. The van der Waals surface area contributed by atoms with Crippen LogP contribution in [0.25, 0.3) is 0 Å². The van der Waals surface area contributed by atoms with Crippen LogP contribution in [0, 0.1) is 0 Å². The first-order valence-corrected chi connectivity index (χ1v) is 4.93. The van der Waals surface area contributed by atoms with Gasteiger partial charge in [-0.15, -0.1) is 0 Å². The van der Waals surface area contributed by atoms with E-state index in [-0.39, 0.29) is 6.42 Å². The summed E-state index contributed by atoms with van der Waals surface area (Å²) in [6.45, 7) is 0. The Labute approximate surface area is 91.4 Å². The molecule has 1 N–H and O–H groups in total. The lowest BCUT2D eigenvalue weighted by Gasteiger charge is -2.12. The minimum atomic E-state index is -1.17. The van der Waals surface area contributed by atoms with E-state index in [1.54, 1.807) is 24.3 Å². The first-order chi connectivity index (χ1) is 6.51. The molecule has 1 atom stereocenters. The van der Waals surface area contributed by atoms with Crippen LogP contribution in [0.4, 0.5) is 0 Å². The van der Waals surface area contributed by atoms with Gasteiger partial charge in [0.15, 0.2) is 0 Å². The second-order valence-electron chi connectivity index (χ2n) is 3.46. The smallest absolute Gasteiger partial charge is 0.317 e. The van der Waals surface area contributed by atoms with E-state index in [2.05, 4.69) is 0 Å². The largest absolute Gasteiger partial charge is 0.480 e. The van der Waals surface area contributed by atoms with Crippen LogP contribution < -0.4 is 0 Å². The van der Waals surface area contributed by atoms with Crippen LogP contribution in [0.2, 0.25) is 0 Å². The molecule has 0 aromatic heterocycles. The monoisotopic (exact) mass is 230 g/mol. The van der Waals surface area contributed by atoms with Crippen LogP contribution in [0.5, 0.6) is 0 Å². The third-order valence-corrected chi connectivity index (χ3v) is 3.53. The van der Waals surface area contributed by atoms with E-state index in [9.17, 15) is 4.79 Å². The Bertz CT molecular complexity index is 375. The van der Waals surface area contributed by atoms with Gasteiger partial charge in [-0.25, -0.2) is 0 Å². The van der Waals surface area contributed by atoms with Crippen molar-refractivity contribution in [3.05, 3.63) is 35.9 Å². The molecule has 1 fully saturated rings. The van der Waals surface area contributed by atoms with Crippen molar-refractivity contribution in [3.8, 4) is 0 Å². The number of hydrogen-bond acceptors (Lipinski definition) is 1. The summed E-state index contributed by atoms with van der Waals surface area (Å²) >= 11 is 11.8. The zero-order chi connectivity index (χ0) is 10.4. The summed E-state index contributed by atoms with van der Waals surface area (Å²) in [6.07, 6.45) is 0.266. The van der Waals surface area contributed by atoms with Gasteiger partial charge in [0.2, 0.25) is 0 Å². The lowest BCUT2D eigenvalue weighted by Crippen LogP contribution is -2.25. The molecule has 1 aromatic carbocycles. The van der Waals surface area contributed by atoms with Gasteiger partial charge in [0.05, 0.1) is 0 Å². The van der Waals surface area contributed by atoms with Crippen molar-refractivity contribution in [1.29, 1.82) is 0 Å². The van der Waals surface area contributed by atoms with Crippen molar-refractivity contribution in [2.24, 2.45) is 0 Å². The van der Waals surface area contributed by atoms with Crippen molar-refractivity contribution in [2.75, 3.05) is 0 Å². The summed E-state index contributed by atoms with van der Waals surface area (Å²) in [5, 5.41) is 9.12. The lowest BCUT2D eigenvalue weighted by molar-refractivity contribution is -0.140. The van der Waals surface area contributed by atoms with E-state index < -0.39 is 15.7 Å². The van der Waals surface area contributed by atoms with E-state index >= 15 is 0 Å². The topological polar surface area (TPSA) is 37.3 Å².